The molecule has 0 aliphatic carbocycles. The number of aryl methyl sites for hydroxylation is 4. The van der Waals surface area contributed by atoms with Crippen molar-refractivity contribution in [3.8, 4) is 22.6 Å². The lowest BCUT2D eigenvalue weighted by Crippen LogP contribution is -2.26. The number of aliphatic imine (C=N–C) groups is 1. The van der Waals surface area contributed by atoms with Crippen molar-refractivity contribution in [1.29, 1.82) is 0 Å². The van der Waals surface area contributed by atoms with Gasteiger partial charge in [-0.15, -0.1) is 10.2 Å². The number of sulfonamides is 1. The van der Waals surface area contributed by atoms with Crippen LogP contribution in [0.4, 0.5) is 0 Å². The minimum atomic E-state index is -3.65. The lowest BCUT2D eigenvalue weighted by atomic mass is 10.00. The van der Waals surface area contributed by atoms with Gasteiger partial charge in [0.25, 0.3) is 0 Å². The molecule has 1 aliphatic heterocycles. The molecule has 3 heterocycles. The van der Waals surface area contributed by atoms with Gasteiger partial charge in [0.1, 0.15) is 23.4 Å². The fourth-order valence-corrected chi connectivity index (χ4v) is 8.66. The Morgan fingerprint density at radius 1 is 0.857 bits per heavy atom. The summed E-state index contributed by atoms with van der Waals surface area (Å²) in [6, 6.07) is 18.2. The molecule has 0 fully saturated rings. The molecule has 0 saturated carbocycles. The predicted octanol–water partition coefficient (Wildman–Crippen LogP) is 8.32. The van der Waals surface area contributed by atoms with Gasteiger partial charge in [0.2, 0.25) is 15.9 Å². The van der Waals surface area contributed by atoms with Gasteiger partial charge in [-0.05, 0) is 88.1 Å². The molecule has 1 aliphatic rings. The highest BCUT2D eigenvalue weighted by Crippen LogP contribution is 2.35. The molecule has 0 radical (unpaired) electrons. The summed E-state index contributed by atoms with van der Waals surface area (Å²) in [5, 5.41) is 16.5. The van der Waals surface area contributed by atoms with E-state index in [-0.39, 0.29) is 17.2 Å². The Balaban J connectivity index is 0.921. The number of ether oxygens (including phenoxy) is 1. The Morgan fingerprint density at radius 2 is 1.54 bits per heavy atom. The highest BCUT2D eigenvalue weighted by atomic mass is 35.5. The van der Waals surface area contributed by atoms with Crippen LogP contribution in [0.1, 0.15) is 104 Å². The highest BCUT2D eigenvalue weighted by molar-refractivity contribution is 7.89. The number of nitrogens with one attached hydrogen (secondary N) is 2. The molecule has 5 aromatic rings. The largest absolute Gasteiger partial charge is 0.497 e. The smallest absolute Gasteiger partial charge is 0.240 e. The summed E-state index contributed by atoms with van der Waals surface area (Å²) in [4.78, 5) is 18.7. The molecule has 3 aromatic carbocycles. The fourth-order valence-electron chi connectivity index (χ4n) is 7.19. The maximum atomic E-state index is 13.3. The van der Waals surface area contributed by atoms with E-state index in [0.717, 1.165) is 90.7 Å². The third-order valence-electron chi connectivity index (χ3n) is 10.1. The number of halogens is 1. The number of hydrogen-bond acceptors (Lipinski definition) is 9. The van der Waals surface area contributed by atoms with Gasteiger partial charge < -0.3 is 14.6 Å². The molecular weight excluding hydrogens is 750 g/mol. The predicted molar refractivity (Wildman–Crippen MR) is 218 cm³/mol. The maximum absolute atomic E-state index is 13.3. The first-order chi connectivity index (χ1) is 27.0. The van der Waals surface area contributed by atoms with Crippen molar-refractivity contribution in [2.45, 2.75) is 96.4 Å². The van der Waals surface area contributed by atoms with E-state index in [4.69, 9.17) is 25.9 Å². The quantitative estimate of drug-likeness (QED) is 0.0840. The molecule has 2 N–H and O–H groups in total. The average molecular weight is 800 g/mol. The lowest BCUT2D eigenvalue weighted by Gasteiger charge is -2.14. The third-order valence-corrected chi connectivity index (χ3v) is 12.0. The van der Waals surface area contributed by atoms with Crippen LogP contribution in [0.25, 0.3) is 16.8 Å². The lowest BCUT2D eigenvalue weighted by molar-refractivity contribution is -0.121. The second kappa shape index (κ2) is 18.4. The molecular formula is C42H50ClN7O5S. The van der Waals surface area contributed by atoms with Crippen molar-refractivity contribution in [3.63, 3.8) is 0 Å². The molecule has 296 valence electrons. The van der Waals surface area contributed by atoms with Crippen LogP contribution in [0.15, 0.2) is 75.1 Å². The summed E-state index contributed by atoms with van der Waals surface area (Å²) >= 11 is 6.22. The normalized spacial score (nSPS) is 13.8. The Morgan fingerprint density at radius 3 is 2.21 bits per heavy atom. The monoisotopic (exact) mass is 799 g/mol. The van der Waals surface area contributed by atoms with E-state index in [2.05, 4.69) is 25.4 Å². The number of carbonyl (C=O) groups excluding carboxylic acids is 1. The molecule has 0 saturated heterocycles. The Kier molecular flexibility index (Phi) is 13.4. The van der Waals surface area contributed by atoms with E-state index in [1.807, 2.05) is 79.9 Å². The number of methoxy groups -OCH3 is 1. The van der Waals surface area contributed by atoms with Crippen molar-refractivity contribution in [2.24, 2.45) is 4.99 Å². The number of hydrogen-bond donors (Lipinski definition) is 2. The molecule has 0 bridgehead atoms. The summed E-state index contributed by atoms with van der Waals surface area (Å²) < 4.78 is 41.9. The molecule has 56 heavy (non-hydrogen) atoms. The van der Waals surface area contributed by atoms with E-state index in [9.17, 15) is 13.2 Å². The van der Waals surface area contributed by atoms with Gasteiger partial charge >= 0.3 is 0 Å². The van der Waals surface area contributed by atoms with E-state index < -0.39 is 16.1 Å². The Bertz CT molecular complexity index is 2280. The van der Waals surface area contributed by atoms with Gasteiger partial charge in [0.05, 0.1) is 35.5 Å². The second-order valence-electron chi connectivity index (χ2n) is 14.3. The van der Waals surface area contributed by atoms with Gasteiger partial charge in [-0.1, -0.05) is 79.5 Å². The first kappa shape index (κ1) is 40.8. The third kappa shape index (κ3) is 9.56. The first-order valence-corrected chi connectivity index (χ1v) is 21.1. The standard InChI is InChI=1S/C42H50ClN7O5S/c1-27-14-15-32(40-28(2)49-55-29(40)3)24-38(27)56(52,53)45-23-13-11-9-7-6-8-10-12-22-44-39(51)26-36-42-48-47-30(4)50(42)37-21-20-34(54-5)25-35(37)41(46-36)31-16-18-33(43)19-17-31/h14-21,24-25,36,45H,6-13,22-23,26H2,1-5H3,(H,44,51)/t36-/m0/s1. The number of nitrogens with zero attached hydrogens (tertiary/aromatic N) is 5. The summed E-state index contributed by atoms with van der Waals surface area (Å²) in [5.74, 6) is 2.57. The minimum Gasteiger partial charge on any atom is -0.497 e. The molecule has 0 unspecified atom stereocenters. The van der Waals surface area contributed by atoms with Crippen LogP contribution in [-0.2, 0) is 14.8 Å². The summed E-state index contributed by atoms with van der Waals surface area (Å²) in [5.41, 5.74) is 6.34. The fraction of sp³-hybridized carbons (Fsp3) is 0.405. The number of amides is 1. The van der Waals surface area contributed by atoms with Gasteiger partial charge in [-0.25, -0.2) is 13.1 Å². The SMILES string of the molecule is COc1ccc2c(c1)C(c1ccc(Cl)cc1)=N[C@@H](CC(=O)NCCCCCCCCCCNS(=O)(=O)c1cc(-c3c(C)noc3C)ccc1C)c1nnc(C)n1-2. The number of aromatic nitrogens is 4. The molecule has 1 atom stereocenters. The summed E-state index contributed by atoms with van der Waals surface area (Å²) in [6.07, 6.45) is 8.05. The first-order valence-electron chi connectivity index (χ1n) is 19.2. The maximum Gasteiger partial charge on any atom is 0.240 e. The molecule has 6 rings (SSSR count). The van der Waals surface area contributed by atoms with Crippen molar-refractivity contribution < 1.29 is 22.5 Å². The van der Waals surface area contributed by atoms with Crippen LogP contribution >= 0.6 is 11.6 Å². The van der Waals surface area contributed by atoms with Crippen molar-refractivity contribution in [3.05, 3.63) is 105 Å². The van der Waals surface area contributed by atoms with Crippen LogP contribution in [0, 0.1) is 27.7 Å². The van der Waals surface area contributed by atoms with Crippen molar-refractivity contribution >= 4 is 33.2 Å². The molecule has 1 amide bonds. The van der Waals surface area contributed by atoms with Gasteiger partial charge in [0.15, 0.2) is 5.82 Å². The Labute approximate surface area is 334 Å². The zero-order valence-electron chi connectivity index (χ0n) is 32.7. The molecule has 2 aromatic heterocycles. The molecule has 14 heteroatoms. The topological polar surface area (TPSA) is 154 Å². The number of fused-ring (bicyclic) bond motifs is 3. The summed E-state index contributed by atoms with van der Waals surface area (Å²) in [6.45, 7) is 8.35. The molecule has 0 spiro atoms. The summed E-state index contributed by atoms with van der Waals surface area (Å²) in [7, 11) is -2.02. The van der Waals surface area contributed by atoms with Gasteiger partial charge in [-0.3, -0.25) is 14.4 Å². The van der Waals surface area contributed by atoms with Crippen LogP contribution in [0.3, 0.4) is 0 Å². The number of unbranched alkanes of at least 4 members (excludes halogenated alkanes) is 7. The average Bonchev–Trinajstić information content (AvgIpc) is 3.69. The van der Waals surface area contributed by atoms with Crippen LogP contribution in [-0.4, -0.2) is 60.2 Å². The second-order valence-corrected chi connectivity index (χ2v) is 16.5. The Hall–Kier alpha value is -4.85. The van der Waals surface area contributed by atoms with Crippen LogP contribution in [0.2, 0.25) is 5.02 Å². The van der Waals surface area contributed by atoms with Gasteiger partial charge in [0, 0.05) is 34.8 Å². The molecule has 12 nitrogen and oxygen atoms in total. The number of rotatable bonds is 18. The van der Waals surface area contributed by atoms with Gasteiger partial charge in [-0.2, -0.15) is 0 Å². The zero-order chi connectivity index (χ0) is 39.8. The van der Waals surface area contributed by atoms with E-state index in [1.165, 1.54) is 0 Å². The number of benzene rings is 3. The van der Waals surface area contributed by atoms with Crippen LogP contribution in [0.5, 0.6) is 5.75 Å². The van der Waals surface area contributed by atoms with E-state index >= 15 is 0 Å². The number of carbonyl (C=O) groups is 1. The van der Waals surface area contributed by atoms with Crippen molar-refractivity contribution in [1.82, 2.24) is 30.0 Å². The van der Waals surface area contributed by atoms with Crippen LogP contribution < -0.4 is 14.8 Å². The minimum absolute atomic E-state index is 0.0936. The zero-order valence-corrected chi connectivity index (χ0v) is 34.3. The highest BCUT2D eigenvalue weighted by Gasteiger charge is 2.30. The van der Waals surface area contributed by atoms with E-state index in [1.54, 1.807) is 20.1 Å². The van der Waals surface area contributed by atoms with E-state index in [0.29, 0.717) is 46.8 Å². The van der Waals surface area contributed by atoms with Crippen molar-refractivity contribution in [2.75, 3.05) is 20.2 Å².